The van der Waals surface area contributed by atoms with E-state index < -0.39 is 5.76 Å². The van der Waals surface area contributed by atoms with Gasteiger partial charge in [0.15, 0.2) is 17.1 Å². The van der Waals surface area contributed by atoms with Crippen molar-refractivity contribution in [3.05, 3.63) is 56.9 Å². The molecule has 1 aliphatic heterocycles. The molecular formula is C19H18N2O4. The van der Waals surface area contributed by atoms with Crippen LogP contribution in [0.2, 0.25) is 0 Å². The van der Waals surface area contributed by atoms with E-state index in [1.54, 1.807) is 14.2 Å². The Morgan fingerprint density at radius 3 is 2.72 bits per heavy atom. The predicted molar refractivity (Wildman–Crippen MR) is 95.2 cm³/mol. The summed E-state index contributed by atoms with van der Waals surface area (Å²) >= 11 is 0. The maximum absolute atomic E-state index is 11.3. The quantitative estimate of drug-likeness (QED) is 0.738. The van der Waals surface area contributed by atoms with Gasteiger partial charge in [-0.15, -0.1) is 0 Å². The highest BCUT2D eigenvalue weighted by atomic mass is 16.5. The molecule has 0 bridgehead atoms. The molecule has 6 nitrogen and oxygen atoms in total. The lowest BCUT2D eigenvalue weighted by atomic mass is 9.99. The van der Waals surface area contributed by atoms with Gasteiger partial charge in [0.25, 0.3) is 0 Å². The topological polar surface area (TPSA) is 76.5 Å². The van der Waals surface area contributed by atoms with Gasteiger partial charge in [-0.3, -0.25) is 4.98 Å². The van der Waals surface area contributed by atoms with Gasteiger partial charge in [0.2, 0.25) is 0 Å². The van der Waals surface area contributed by atoms with E-state index in [1.165, 1.54) is 5.57 Å². The van der Waals surface area contributed by atoms with Crippen molar-refractivity contribution >= 4 is 22.9 Å². The zero-order valence-corrected chi connectivity index (χ0v) is 14.0. The second-order valence-electron chi connectivity index (χ2n) is 5.95. The highest BCUT2D eigenvalue weighted by Gasteiger charge is 2.11. The molecule has 2 heterocycles. The van der Waals surface area contributed by atoms with Crippen molar-refractivity contribution in [3.8, 4) is 11.5 Å². The lowest BCUT2D eigenvalue weighted by Crippen LogP contribution is -2.37. The number of ether oxygens (including phenoxy) is 2. The number of fused-ring (bicyclic) bond motifs is 2. The van der Waals surface area contributed by atoms with E-state index in [4.69, 9.17) is 13.9 Å². The molecule has 0 fully saturated rings. The molecule has 0 saturated heterocycles. The van der Waals surface area contributed by atoms with Gasteiger partial charge < -0.3 is 19.2 Å². The van der Waals surface area contributed by atoms with E-state index >= 15 is 0 Å². The van der Waals surface area contributed by atoms with E-state index in [0.29, 0.717) is 22.6 Å². The van der Waals surface area contributed by atoms with E-state index in [1.807, 2.05) is 36.5 Å². The van der Waals surface area contributed by atoms with Gasteiger partial charge in [-0.25, -0.2) is 4.79 Å². The molecule has 0 unspecified atom stereocenters. The van der Waals surface area contributed by atoms with Crippen molar-refractivity contribution in [2.75, 3.05) is 20.8 Å². The molecule has 0 atom stereocenters. The number of hydrogen-bond acceptors (Lipinski definition) is 5. The van der Waals surface area contributed by atoms with Crippen molar-refractivity contribution in [2.45, 2.75) is 6.42 Å². The minimum atomic E-state index is -0.434. The normalized spacial score (nSPS) is 13.1. The minimum absolute atomic E-state index is 0.434. The summed E-state index contributed by atoms with van der Waals surface area (Å²) in [5.41, 5.74) is 3.62. The van der Waals surface area contributed by atoms with Crippen LogP contribution in [-0.2, 0) is 6.42 Å². The van der Waals surface area contributed by atoms with Gasteiger partial charge in [-0.2, -0.15) is 0 Å². The number of aromatic nitrogens is 1. The number of nitrogens with one attached hydrogen (secondary N) is 2. The average Bonchev–Trinajstić information content (AvgIpc) is 3.00. The second kappa shape index (κ2) is 6.05. The molecule has 6 heteroatoms. The van der Waals surface area contributed by atoms with Crippen molar-refractivity contribution in [1.82, 2.24) is 10.3 Å². The van der Waals surface area contributed by atoms with Gasteiger partial charge >= 0.3 is 5.76 Å². The summed E-state index contributed by atoms with van der Waals surface area (Å²) in [6.45, 7) is 0.752. The Hall–Kier alpha value is -3.15. The van der Waals surface area contributed by atoms with Gasteiger partial charge in [-0.05, 0) is 47.0 Å². The number of rotatable bonds is 4. The molecule has 0 aliphatic carbocycles. The Kier molecular flexibility index (Phi) is 3.72. The molecule has 0 radical (unpaired) electrons. The lowest BCUT2D eigenvalue weighted by Gasteiger charge is -2.15. The van der Waals surface area contributed by atoms with Crippen LogP contribution in [-0.4, -0.2) is 25.7 Å². The summed E-state index contributed by atoms with van der Waals surface area (Å²) in [4.78, 5) is 14.0. The summed E-state index contributed by atoms with van der Waals surface area (Å²) < 4.78 is 15.9. The van der Waals surface area contributed by atoms with Gasteiger partial charge in [-0.1, -0.05) is 6.07 Å². The third kappa shape index (κ3) is 2.76. The molecule has 2 aromatic carbocycles. The summed E-state index contributed by atoms with van der Waals surface area (Å²) in [6, 6.07) is 9.73. The van der Waals surface area contributed by atoms with Crippen LogP contribution >= 0.6 is 0 Å². The summed E-state index contributed by atoms with van der Waals surface area (Å²) in [5, 5.41) is 5.51. The smallest absolute Gasteiger partial charge is 0.417 e. The fourth-order valence-electron chi connectivity index (χ4n) is 3.21. The van der Waals surface area contributed by atoms with Crippen LogP contribution in [0.15, 0.2) is 39.5 Å². The van der Waals surface area contributed by atoms with Crippen LogP contribution in [0.5, 0.6) is 11.5 Å². The summed E-state index contributed by atoms with van der Waals surface area (Å²) in [5.74, 6) is 0.984. The molecule has 1 aromatic heterocycles. The van der Waals surface area contributed by atoms with Crippen molar-refractivity contribution in [3.63, 3.8) is 0 Å². The number of oxazole rings is 1. The van der Waals surface area contributed by atoms with Crippen LogP contribution in [0.3, 0.4) is 0 Å². The van der Waals surface area contributed by atoms with Crippen molar-refractivity contribution in [2.24, 2.45) is 0 Å². The highest BCUT2D eigenvalue weighted by molar-refractivity contribution is 5.73. The monoisotopic (exact) mass is 338 g/mol. The zero-order valence-electron chi connectivity index (χ0n) is 14.0. The van der Waals surface area contributed by atoms with Gasteiger partial charge in [0, 0.05) is 18.0 Å². The molecule has 0 amide bonds. The number of hydrogen-bond donors (Lipinski definition) is 2. The number of H-pyrrole nitrogens is 1. The minimum Gasteiger partial charge on any atom is -0.493 e. The van der Waals surface area contributed by atoms with E-state index in [0.717, 1.165) is 29.0 Å². The average molecular weight is 338 g/mol. The highest BCUT2D eigenvalue weighted by Crippen LogP contribution is 2.23. The Morgan fingerprint density at radius 2 is 1.92 bits per heavy atom. The molecular weight excluding hydrogens is 320 g/mol. The molecule has 0 saturated carbocycles. The Morgan fingerprint density at radius 1 is 1.12 bits per heavy atom. The van der Waals surface area contributed by atoms with Crippen LogP contribution < -0.4 is 31.0 Å². The fraction of sp³-hybridized carbons (Fsp3) is 0.211. The molecule has 3 aromatic rings. The van der Waals surface area contributed by atoms with Crippen LogP contribution in [0.1, 0.15) is 5.56 Å². The first kappa shape index (κ1) is 15.4. The molecule has 0 spiro atoms. The Labute approximate surface area is 143 Å². The predicted octanol–water partition coefficient (Wildman–Crippen LogP) is 0.873. The molecule has 2 N–H and O–H groups in total. The Balaban J connectivity index is 1.82. The fourth-order valence-corrected chi connectivity index (χ4v) is 3.21. The van der Waals surface area contributed by atoms with Crippen molar-refractivity contribution in [1.29, 1.82) is 0 Å². The molecule has 1 aliphatic rings. The Bertz CT molecular complexity index is 1120. The second-order valence-corrected chi connectivity index (χ2v) is 5.95. The molecule has 25 heavy (non-hydrogen) atoms. The summed E-state index contributed by atoms with van der Waals surface area (Å²) in [6.07, 6.45) is 2.74. The van der Waals surface area contributed by atoms with Gasteiger partial charge in [0.1, 0.15) is 0 Å². The van der Waals surface area contributed by atoms with Crippen molar-refractivity contribution < 1.29 is 13.9 Å². The maximum Gasteiger partial charge on any atom is 0.417 e. The third-order valence-corrected chi connectivity index (χ3v) is 4.41. The zero-order chi connectivity index (χ0) is 17.4. The first-order valence-electron chi connectivity index (χ1n) is 7.97. The molecule has 4 rings (SSSR count). The maximum atomic E-state index is 11.3. The SMILES string of the molecule is COc1cc2c(cc1OC)=C(Cc1ccc3oc(=O)[nH]c3c1)CNC=2. The summed E-state index contributed by atoms with van der Waals surface area (Å²) in [7, 11) is 3.27. The molecule has 128 valence electrons. The first-order valence-corrected chi connectivity index (χ1v) is 7.97. The number of aromatic amines is 1. The van der Waals surface area contributed by atoms with E-state index in [9.17, 15) is 4.79 Å². The number of benzene rings is 2. The number of methoxy groups -OCH3 is 2. The standard InChI is InChI=1S/C19H18N2O4/c1-23-17-7-13-10-20-9-12(14(13)8-18(17)24-2)5-11-3-4-16-15(6-11)21-19(22)25-16/h3-4,6-8,10,20H,5,9H2,1-2H3,(H,21,22). The van der Waals surface area contributed by atoms with Crippen LogP contribution in [0, 0.1) is 0 Å². The van der Waals surface area contributed by atoms with E-state index in [2.05, 4.69) is 10.3 Å². The van der Waals surface area contributed by atoms with E-state index in [-0.39, 0.29) is 0 Å². The van der Waals surface area contributed by atoms with Crippen LogP contribution in [0.4, 0.5) is 0 Å². The van der Waals surface area contributed by atoms with Crippen LogP contribution in [0.25, 0.3) is 22.9 Å². The largest absolute Gasteiger partial charge is 0.493 e. The third-order valence-electron chi connectivity index (χ3n) is 4.41. The first-order chi connectivity index (χ1) is 12.2. The lowest BCUT2D eigenvalue weighted by molar-refractivity contribution is 0.354. The van der Waals surface area contributed by atoms with Gasteiger partial charge in [0.05, 0.1) is 19.7 Å².